The van der Waals surface area contributed by atoms with Crippen molar-refractivity contribution in [3.05, 3.63) is 35.4 Å². The van der Waals surface area contributed by atoms with Gasteiger partial charge in [-0.05, 0) is 38.1 Å². The number of carbonyl (C=O) groups is 1. The van der Waals surface area contributed by atoms with Crippen molar-refractivity contribution < 1.29 is 4.79 Å². The Bertz CT molecular complexity index is 470. The maximum absolute atomic E-state index is 12.7. The highest BCUT2D eigenvalue weighted by Gasteiger charge is 2.29. The summed E-state index contributed by atoms with van der Waals surface area (Å²) in [6.07, 6.45) is 1.03. The lowest BCUT2D eigenvalue weighted by Crippen LogP contribution is -2.53. The van der Waals surface area contributed by atoms with Gasteiger partial charge in [0.05, 0.1) is 6.04 Å². The van der Waals surface area contributed by atoms with E-state index < -0.39 is 0 Å². The van der Waals surface area contributed by atoms with Crippen LogP contribution in [0.25, 0.3) is 0 Å². The van der Waals surface area contributed by atoms with E-state index in [2.05, 4.69) is 42.8 Å². The fourth-order valence-electron chi connectivity index (χ4n) is 2.81. The van der Waals surface area contributed by atoms with Crippen LogP contribution in [0.1, 0.15) is 29.8 Å². The van der Waals surface area contributed by atoms with Gasteiger partial charge >= 0.3 is 0 Å². The zero-order valence-corrected chi connectivity index (χ0v) is 13.1. The molecule has 0 saturated carbocycles. The molecule has 0 aliphatic carbocycles. The first kappa shape index (κ1) is 15.2. The van der Waals surface area contributed by atoms with Crippen molar-refractivity contribution in [2.75, 3.05) is 33.7 Å². The molecule has 110 valence electrons. The van der Waals surface area contributed by atoms with Gasteiger partial charge in [-0.3, -0.25) is 9.69 Å². The maximum Gasteiger partial charge on any atom is 0.181 e. The molecule has 0 radical (unpaired) electrons. The van der Waals surface area contributed by atoms with Gasteiger partial charge in [0, 0.05) is 25.2 Å². The van der Waals surface area contributed by atoms with Gasteiger partial charge in [-0.15, -0.1) is 0 Å². The Morgan fingerprint density at radius 3 is 2.75 bits per heavy atom. The zero-order chi connectivity index (χ0) is 14.7. The standard InChI is InChI=1S/C17H26N2O/c1-13(2)10-14-6-5-7-15(11-14)17(20)16-12-18(3)8-9-19(16)4/h5-7,11,13,16H,8-10,12H2,1-4H3. The van der Waals surface area contributed by atoms with Crippen LogP contribution in [0.5, 0.6) is 0 Å². The van der Waals surface area contributed by atoms with E-state index in [0.29, 0.717) is 5.92 Å². The Morgan fingerprint density at radius 1 is 1.30 bits per heavy atom. The van der Waals surface area contributed by atoms with Crippen molar-refractivity contribution in [2.45, 2.75) is 26.3 Å². The molecule has 1 aromatic carbocycles. The number of ketones is 1. The molecule has 20 heavy (non-hydrogen) atoms. The van der Waals surface area contributed by atoms with Crippen molar-refractivity contribution in [3.63, 3.8) is 0 Å². The number of piperazine rings is 1. The number of Topliss-reactive ketones (excluding diaryl/α,β-unsaturated/α-hetero) is 1. The molecule has 1 unspecified atom stereocenters. The second-order valence-electron chi connectivity index (χ2n) is 6.42. The van der Waals surface area contributed by atoms with Crippen LogP contribution in [0.3, 0.4) is 0 Å². The smallest absolute Gasteiger partial charge is 0.181 e. The van der Waals surface area contributed by atoms with Gasteiger partial charge in [-0.25, -0.2) is 0 Å². The quantitative estimate of drug-likeness (QED) is 0.787. The minimum Gasteiger partial charge on any atom is -0.303 e. The SMILES string of the molecule is CC(C)Cc1cccc(C(=O)C2CN(C)CCN2C)c1. The molecule has 0 aromatic heterocycles. The number of rotatable bonds is 4. The van der Waals surface area contributed by atoms with E-state index in [1.807, 2.05) is 19.2 Å². The van der Waals surface area contributed by atoms with Crippen LogP contribution in [-0.4, -0.2) is 55.4 Å². The Morgan fingerprint density at radius 2 is 2.05 bits per heavy atom. The van der Waals surface area contributed by atoms with Crippen LogP contribution in [0.2, 0.25) is 0 Å². The van der Waals surface area contributed by atoms with Gasteiger partial charge in [0.25, 0.3) is 0 Å². The van der Waals surface area contributed by atoms with Crippen LogP contribution in [-0.2, 0) is 6.42 Å². The summed E-state index contributed by atoms with van der Waals surface area (Å²) in [5.41, 5.74) is 2.12. The normalized spacial score (nSPS) is 21.4. The zero-order valence-electron chi connectivity index (χ0n) is 13.1. The summed E-state index contributed by atoms with van der Waals surface area (Å²) in [4.78, 5) is 17.1. The molecule has 2 rings (SSSR count). The second kappa shape index (κ2) is 6.51. The number of nitrogens with zero attached hydrogens (tertiary/aromatic N) is 2. The molecule has 0 bridgehead atoms. The lowest BCUT2D eigenvalue weighted by atomic mass is 9.96. The van der Waals surface area contributed by atoms with Gasteiger partial charge in [0.1, 0.15) is 0 Å². The van der Waals surface area contributed by atoms with E-state index in [4.69, 9.17) is 0 Å². The first-order valence-electron chi connectivity index (χ1n) is 7.49. The molecule has 0 amide bonds. The first-order valence-corrected chi connectivity index (χ1v) is 7.49. The van der Waals surface area contributed by atoms with Crippen LogP contribution < -0.4 is 0 Å². The summed E-state index contributed by atoms with van der Waals surface area (Å²) in [5.74, 6) is 0.869. The third kappa shape index (κ3) is 3.68. The molecule has 1 atom stereocenters. The van der Waals surface area contributed by atoms with Gasteiger partial charge in [-0.2, -0.15) is 0 Å². The fourth-order valence-corrected chi connectivity index (χ4v) is 2.81. The van der Waals surface area contributed by atoms with Crippen molar-refractivity contribution >= 4 is 5.78 Å². The molecule has 0 spiro atoms. The summed E-state index contributed by atoms with van der Waals surface area (Å²) in [7, 11) is 4.13. The molecule has 3 heteroatoms. The number of likely N-dealkylation sites (N-methyl/N-ethyl adjacent to an activating group) is 2. The topological polar surface area (TPSA) is 23.6 Å². The van der Waals surface area contributed by atoms with Gasteiger partial charge in [0.15, 0.2) is 5.78 Å². The Kier molecular flexibility index (Phi) is 4.95. The summed E-state index contributed by atoms with van der Waals surface area (Å²) < 4.78 is 0. The largest absolute Gasteiger partial charge is 0.303 e. The van der Waals surface area contributed by atoms with E-state index >= 15 is 0 Å². The van der Waals surface area contributed by atoms with Crippen molar-refractivity contribution in [1.29, 1.82) is 0 Å². The predicted molar refractivity (Wildman–Crippen MR) is 83.2 cm³/mol. The molecule has 0 N–H and O–H groups in total. The molecule has 1 fully saturated rings. The monoisotopic (exact) mass is 274 g/mol. The highest BCUT2D eigenvalue weighted by Crippen LogP contribution is 2.16. The van der Waals surface area contributed by atoms with Crippen molar-refractivity contribution in [1.82, 2.24) is 9.80 Å². The van der Waals surface area contributed by atoms with Crippen molar-refractivity contribution in [2.24, 2.45) is 5.92 Å². The molecule has 1 aromatic rings. The average molecular weight is 274 g/mol. The van der Waals surface area contributed by atoms with Crippen molar-refractivity contribution in [3.8, 4) is 0 Å². The number of benzene rings is 1. The molecule has 1 aliphatic heterocycles. The molecular formula is C17H26N2O. The molecule has 1 heterocycles. The lowest BCUT2D eigenvalue weighted by molar-refractivity contribution is 0.0686. The number of hydrogen-bond acceptors (Lipinski definition) is 3. The molecule has 1 aliphatic rings. The molecule has 1 saturated heterocycles. The van der Waals surface area contributed by atoms with E-state index in [1.165, 1.54) is 5.56 Å². The number of carbonyl (C=O) groups excluding carboxylic acids is 1. The van der Waals surface area contributed by atoms with E-state index in [-0.39, 0.29) is 11.8 Å². The van der Waals surface area contributed by atoms with Gasteiger partial charge < -0.3 is 4.90 Å². The Labute approximate surface area is 122 Å². The highest BCUT2D eigenvalue weighted by atomic mass is 16.1. The van der Waals surface area contributed by atoms with Crippen LogP contribution in [0, 0.1) is 5.92 Å². The molecule has 3 nitrogen and oxygen atoms in total. The second-order valence-corrected chi connectivity index (χ2v) is 6.42. The summed E-state index contributed by atoms with van der Waals surface area (Å²) >= 11 is 0. The average Bonchev–Trinajstić information content (AvgIpc) is 2.40. The first-order chi connectivity index (χ1) is 9.47. The van der Waals surface area contributed by atoms with Gasteiger partial charge in [-0.1, -0.05) is 32.0 Å². The maximum atomic E-state index is 12.7. The summed E-state index contributed by atoms with van der Waals surface area (Å²) in [6, 6.07) is 8.15. The Hall–Kier alpha value is -1.19. The number of hydrogen-bond donors (Lipinski definition) is 0. The van der Waals surface area contributed by atoms with Gasteiger partial charge in [0.2, 0.25) is 0 Å². The molecular weight excluding hydrogens is 248 g/mol. The van der Waals surface area contributed by atoms with Crippen LogP contribution in [0.15, 0.2) is 24.3 Å². The van der Waals surface area contributed by atoms with E-state index in [0.717, 1.165) is 31.6 Å². The Balaban J connectivity index is 2.15. The fraction of sp³-hybridized carbons (Fsp3) is 0.588. The van der Waals surface area contributed by atoms with E-state index in [1.54, 1.807) is 0 Å². The minimum absolute atomic E-state index is 0.0111. The van der Waals surface area contributed by atoms with Crippen LogP contribution in [0.4, 0.5) is 0 Å². The third-order valence-electron chi connectivity index (χ3n) is 4.01. The lowest BCUT2D eigenvalue weighted by Gasteiger charge is -2.36. The highest BCUT2D eigenvalue weighted by molar-refractivity contribution is 6.00. The van der Waals surface area contributed by atoms with Crippen LogP contribution >= 0.6 is 0 Å². The van der Waals surface area contributed by atoms with E-state index in [9.17, 15) is 4.79 Å². The summed E-state index contributed by atoms with van der Waals surface area (Å²) in [6.45, 7) is 7.23. The minimum atomic E-state index is -0.0111. The summed E-state index contributed by atoms with van der Waals surface area (Å²) in [5, 5.41) is 0. The predicted octanol–water partition coefficient (Wildman–Crippen LogP) is 2.31. The third-order valence-corrected chi connectivity index (χ3v) is 4.01.